The maximum Gasteiger partial charge on any atom is 0.162 e. The van der Waals surface area contributed by atoms with Crippen LogP contribution >= 0.6 is 0 Å². The van der Waals surface area contributed by atoms with Gasteiger partial charge in [-0.05, 0) is 71.4 Å². The first-order valence-corrected chi connectivity index (χ1v) is 16.1. The zero-order valence-electron chi connectivity index (χ0n) is 28.8. The molecule has 0 aromatic rings. The van der Waals surface area contributed by atoms with Gasteiger partial charge in [-0.2, -0.15) is 0 Å². The summed E-state index contributed by atoms with van der Waals surface area (Å²) in [5.41, 5.74) is 2.99. The Morgan fingerprint density at radius 1 is 0.591 bits per heavy atom. The first-order chi connectivity index (χ1) is 20.4. The summed E-state index contributed by atoms with van der Waals surface area (Å²) in [6.07, 6.45) is 30.3. The Labute approximate surface area is 267 Å². The summed E-state index contributed by atoms with van der Waals surface area (Å²) in [5, 5.41) is 20.4. The summed E-state index contributed by atoms with van der Waals surface area (Å²) in [6, 6.07) is 0. The Hall–Kier alpha value is -2.79. The molecule has 44 heavy (non-hydrogen) atoms. The van der Waals surface area contributed by atoms with E-state index in [9.17, 15) is 15.0 Å². The van der Waals surface area contributed by atoms with Gasteiger partial charge >= 0.3 is 0 Å². The maximum absolute atomic E-state index is 12.9. The van der Waals surface area contributed by atoms with Crippen molar-refractivity contribution < 1.29 is 19.7 Å². The molecule has 2 saturated carbocycles. The van der Waals surface area contributed by atoms with Crippen LogP contribution in [0, 0.1) is 16.2 Å². The molecule has 4 nitrogen and oxygen atoms in total. The summed E-state index contributed by atoms with van der Waals surface area (Å²) in [5.74, 6) is 0.0831. The van der Waals surface area contributed by atoms with E-state index >= 15 is 0 Å². The minimum absolute atomic E-state index is 0.0831. The van der Waals surface area contributed by atoms with E-state index in [-0.39, 0.29) is 33.9 Å². The molecule has 1 heterocycles. The molecule has 0 aromatic heterocycles. The van der Waals surface area contributed by atoms with Gasteiger partial charge in [0.1, 0.15) is 11.2 Å². The molecule has 0 radical (unpaired) electrons. The predicted octanol–water partition coefficient (Wildman–Crippen LogP) is 9.02. The van der Waals surface area contributed by atoms with E-state index in [1.54, 1.807) is 6.08 Å². The van der Waals surface area contributed by atoms with Gasteiger partial charge in [0.05, 0.1) is 12.2 Å². The number of fused-ring (bicyclic) bond motifs is 1. The summed E-state index contributed by atoms with van der Waals surface area (Å²) in [7, 11) is 0. The van der Waals surface area contributed by atoms with Crippen LogP contribution in [0.1, 0.15) is 94.9 Å². The third kappa shape index (κ3) is 8.07. The normalized spacial score (nSPS) is 34.7. The number of ether oxygens (including phenoxy) is 1. The highest BCUT2D eigenvalue weighted by Gasteiger charge is 2.74. The van der Waals surface area contributed by atoms with Gasteiger partial charge in [-0.15, -0.1) is 0 Å². The molecule has 1 saturated heterocycles. The van der Waals surface area contributed by atoms with E-state index < -0.39 is 11.5 Å². The summed E-state index contributed by atoms with van der Waals surface area (Å²) < 4.78 is 6.24. The SMILES string of the molecule is CC(=C/C=C/C=C(C)\C=C\C=C(C)/C=C/[C@@]12O[C@]1(C)C[C@@H](O)CC2(C)C)/C=C/C=C(C)\C=C\C(=O)[C@]1(C)C[C@@H](O)CC1(C)C. The molecule has 0 aromatic carbocycles. The highest BCUT2D eigenvalue weighted by Crippen LogP contribution is 2.66. The van der Waals surface area contributed by atoms with Crippen LogP contribution in [0.5, 0.6) is 0 Å². The predicted molar refractivity (Wildman–Crippen MR) is 184 cm³/mol. The maximum atomic E-state index is 12.9. The number of hydrogen-bond acceptors (Lipinski definition) is 4. The Morgan fingerprint density at radius 2 is 1.05 bits per heavy atom. The van der Waals surface area contributed by atoms with Gasteiger partial charge in [0.25, 0.3) is 0 Å². The average Bonchev–Trinajstić information content (AvgIpc) is 3.46. The molecule has 4 heteroatoms. The van der Waals surface area contributed by atoms with E-state index in [0.717, 1.165) is 28.7 Å². The standard InChI is InChI=1S/C40H56O4/c1-29(17-13-19-31(3)21-22-35(43)38(9)27-33(41)25-36(38,5)6)15-11-12-16-30(2)18-14-20-32(4)23-24-40-37(7,8)26-34(42)28-39(40,10)44-40/h11-24,33-34,41-42H,25-28H2,1-10H3/b12-11+,17-13+,18-14+,22-21+,24-23+,29-15-,30-16-,31-19-,32-20-/t33-,34-,38-,39+,40-/m0/s1. The van der Waals surface area contributed by atoms with Crippen LogP contribution in [-0.4, -0.2) is 39.4 Å². The second-order valence-corrected chi connectivity index (χ2v) is 15.1. The Morgan fingerprint density at radius 3 is 1.55 bits per heavy atom. The molecule has 5 atom stereocenters. The summed E-state index contributed by atoms with van der Waals surface area (Å²) in [4.78, 5) is 12.9. The fourth-order valence-corrected chi connectivity index (χ4v) is 7.12. The highest BCUT2D eigenvalue weighted by molar-refractivity contribution is 5.95. The number of ketones is 1. The van der Waals surface area contributed by atoms with Crippen LogP contribution in [0.2, 0.25) is 0 Å². The van der Waals surface area contributed by atoms with Crippen molar-refractivity contribution in [1.29, 1.82) is 0 Å². The third-order valence-corrected chi connectivity index (χ3v) is 10.3. The molecule has 3 rings (SSSR count). The number of allylic oxidation sites excluding steroid dienone is 17. The van der Waals surface area contributed by atoms with Crippen LogP contribution < -0.4 is 0 Å². The van der Waals surface area contributed by atoms with Crippen LogP contribution in [0.15, 0.2) is 107 Å². The quantitative estimate of drug-likeness (QED) is 0.141. The molecule has 3 aliphatic rings. The largest absolute Gasteiger partial charge is 0.393 e. The lowest BCUT2D eigenvalue weighted by Crippen LogP contribution is -2.46. The van der Waals surface area contributed by atoms with Crippen molar-refractivity contribution in [2.24, 2.45) is 16.2 Å². The first-order valence-electron chi connectivity index (χ1n) is 16.1. The van der Waals surface area contributed by atoms with E-state index in [1.807, 2.05) is 50.3 Å². The van der Waals surface area contributed by atoms with Crippen molar-refractivity contribution in [3.8, 4) is 0 Å². The molecular weight excluding hydrogens is 544 g/mol. The lowest BCUT2D eigenvalue weighted by Gasteiger charge is -2.39. The number of epoxide rings is 1. The van der Waals surface area contributed by atoms with Crippen molar-refractivity contribution >= 4 is 5.78 Å². The van der Waals surface area contributed by atoms with Gasteiger partial charge in [0.2, 0.25) is 0 Å². The topological polar surface area (TPSA) is 70.1 Å². The number of rotatable bonds is 11. The molecule has 0 amide bonds. The van der Waals surface area contributed by atoms with Gasteiger partial charge in [0, 0.05) is 17.3 Å². The monoisotopic (exact) mass is 600 g/mol. The van der Waals surface area contributed by atoms with Crippen LogP contribution in [-0.2, 0) is 9.53 Å². The Kier molecular flexibility index (Phi) is 11.1. The zero-order chi connectivity index (χ0) is 33.0. The van der Waals surface area contributed by atoms with Crippen molar-refractivity contribution in [3.63, 3.8) is 0 Å². The molecular formula is C40H56O4. The molecule has 0 bridgehead atoms. The van der Waals surface area contributed by atoms with Crippen molar-refractivity contribution in [3.05, 3.63) is 107 Å². The minimum Gasteiger partial charge on any atom is -0.393 e. The van der Waals surface area contributed by atoms with Crippen molar-refractivity contribution in [1.82, 2.24) is 0 Å². The summed E-state index contributed by atoms with van der Waals surface area (Å²) in [6.45, 7) is 20.8. The van der Waals surface area contributed by atoms with Crippen LogP contribution in [0.4, 0.5) is 0 Å². The number of aliphatic hydroxyl groups excluding tert-OH is 2. The van der Waals surface area contributed by atoms with Gasteiger partial charge < -0.3 is 14.9 Å². The molecule has 0 unspecified atom stereocenters. The van der Waals surface area contributed by atoms with E-state index in [4.69, 9.17) is 4.74 Å². The minimum atomic E-state index is -0.534. The van der Waals surface area contributed by atoms with Gasteiger partial charge in [-0.3, -0.25) is 4.79 Å². The zero-order valence-corrected chi connectivity index (χ0v) is 28.8. The van der Waals surface area contributed by atoms with Crippen LogP contribution in [0.25, 0.3) is 0 Å². The Balaban J connectivity index is 1.48. The summed E-state index contributed by atoms with van der Waals surface area (Å²) >= 11 is 0. The molecule has 2 aliphatic carbocycles. The molecule has 0 spiro atoms. The van der Waals surface area contributed by atoms with Crippen molar-refractivity contribution in [2.45, 2.75) is 118 Å². The molecule has 3 fully saturated rings. The molecule has 240 valence electrons. The van der Waals surface area contributed by atoms with Gasteiger partial charge in [-0.1, -0.05) is 130 Å². The van der Waals surface area contributed by atoms with E-state index in [2.05, 4.69) is 97.9 Å². The lowest BCUT2D eigenvalue weighted by atomic mass is 9.63. The van der Waals surface area contributed by atoms with E-state index in [0.29, 0.717) is 19.3 Å². The van der Waals surface area contributed by atoms with Gasteiger partial charge in [-0.25, -0.2) is 0 Å². The fraction of sp³-hybridized carbons (Fsp3) is 0.525. The fourth-order valence-electron chi connectivity index (χ4n) is 7.12. The third-order valence-electron chi connectivity index (χ3n) is 10.3. The Bertz CT molecular complexity index is 1360. The van der Waals surface area contributed by atoms with Crippen LogP contribution in [0.3, 0.4) is 0 Å². The number of carbonyl (C=O) groups is 1. The van der Waals surface area contributed by atoms with Gasteiger partial charge in [0.15, 0.2) is 5.78 Å². The number of carbonyl (C=O) groups excluding carboxylic acids is 1. The number of aliphatic hydroxyl groups is 2. The average molecular weight is 601 g/mol. The number of hydrogen-bond donors (Lipinski definition) is 2. The second-order valence-electron chi connectivity index (χ2n) is 15.1. The smallest absolute Gasteiger partial charge is 0.162 e. The van der Waals surface area contributed by atoms with Crippen molar-refractivity contribution in [2.75, 3.05) is 0 Å². The lowest BCUT2D eigenvalue weighted by molar-refractivity contribution is -0.127. The molecule has 1 aliphatic heterocycles. The first kappa shape index (κ1) is 35.7. The van der Waals surface area contributed by atoms with E-state index in [1.165, 1.54) is 0 Å². The second kappa shape index (κ2) is 13.7. The highest BCUT2D eigenvalue weighted by atomic mass is 16.6. The molecule has 2 N–H and O–H groups in total.